The fourth-order valence-electron chi connectivity index (χ4n) is 4.45. The van der Waals surface area contributed by atoms with Crippen molar-refractivity contribution in [2.45, 2.75) is 51.5 Å². The van der Waals surface area contributed by atoms with Gasteiger partial charge >= 0.3 is 17.8 Å². The van der Waals surface area contributed by atoms with E-state index < -0.39 is 36.3 Å². The predicted octanol–water partition coefficient (Wildman–Crippen LogP) is 2.43. The molecule has 1 aromatic carbocycles. The molecule has 3 aliphatic rings. The number of para-hydroxylation sites is 2. The van der Waals surface area contributed by atoms with Gasteiger partial charge in [-0.3, -0.25) is 24.1 Å². The molecule has 9 nitrogen and oxygen atoms in total. The van der Waals surface area contributed by atoms with Gasteiger partial charge in [-0.2, -0.15) is 0 Å². The van der Waals surface area contributed by atoms with Crippen LogP contribution < -0.4 is 10.2 Å². The second-order valence-electron chi connectivity index (χ2n) is 8.37. The summed E-state index contributed by atoms with van der Waals surface area (Å²) in [6, 6.07) is 5.60. The summed E-state index contributed by atoms with van der Waals surface area (Å²) in [5.41, 5.74) is 2.15. The van der Waals surface area contributed by atoms with Crippen molar-refractivity contribution in [3.05, 3.63) is 35.9 Å². The van der Waals surface area contributed by atoms with Crippen LogP contribution in [0.3, 0.4) is 0 Å². The lowest BCUT2D eigenvalue weighted by Gasteiger charge is -2.29. The Kier molecular flexibility index (Phi) is 6.07. The summed E-state index contributed by atoms with van der Waals surface area (Å²) in [6.45, 7) is 1.29. The number of rotatable bonds is 5. The van der Waals surface area contributed by atoms with Crippen LogP contribution in [-0.4, -0.2) is 58.6 Å². The zero-order chi connectivity index (χ0) is 22.8. The predicted molar refractivity (Wildman–Crippen MR) is 117 cm³/mol. The van der Waals surface area contributed by atoms with E-state index in [0.29, 0.717) is 22.7 Å². The molecular weight excluding hydrogens is 412 g/mol. The third kappa shape index (κ3) is 4.15. The third-order valence-corrected chi connectivity index (χ3v) is 6.10. The number of imide groups is 2. The molecule has 0 bridgehead atoms. The molecule has 0 saturated carbocycles. The summed E-state index contributed by atoms with van der Waals surface area (Å²) in [5, 5.41) is 2.76. The standard InChI is InChI=1S/C23H26N4O5/c1-15-13-19(28)24-17-9-5-6-10-18(17)27(15)20(29)14-26-22(31)21(30)25(23(26)32)12-11-16-7-3-2-4-8-16/h5-7,9-10,15H,2-4,8,11-14H2,1H3,(H,24,28)/t15-/m0/s1. The summed E-state index contributed by atoms with van der Waals surface area (Å²) < 4.78 is 0. The van der Waals surface area contributed by atoms with Crippen LogP contribution in [-0.2, 0) is 19.2 Å². The van der Waals surface area contributed by atoms with Gasteiger partial charge in [0.15, 0.2) is 0 Å². The van der Waals surface area contributed by atoms with Crippen LogP contribution >= 0.6 is 0 Å². The summed E-state index contributed by atoms with van der Waals surface area (Å²) in [7, 11) is 0. The number of urea groups is 1. The highest BCUT2D eigenvalue weighted by atomic mass is 16.2. The van der Waals surface area contributed by atoms with Gasteiger partial charge in [-0.05, 0) is 51.2 Å². The lowest BCUT2D eigenvalue weighted by atomic mass is 9.97. The Balaban J connectivity index is 1.49. The monoisotopic (exact) mass is 438 g/mol. The first kappa shape index (κ1) is 21.7. The molecule has 168 valence electrons. The number of carbonyl (C=O) groups is 5. The molecule has 6 amide bonds. The van der Waals surface area contributed by atoms with Crippen molar-refractivity contribution in [3.63, 3.8) is 0 Å². The summed E-state index contributed by atoms with van der Waals surface area (Å²) >= 11 is 0. The molecule has 0 spiro atoms. The van der Waals surface area contributed by atoms with Gasteiger partial charge in [0.2, 0.25) is 11.8 Å². The molecule has 0 unspecified atom stereocenters. The fourth-order valence-corrected chi connectivity index (χ4v) is 4.45. The molecular formula is C23H26N4O5. The van der Waals surface area contributed by atoms with E-state index in [1.165, 1.54) is 10.5 Å². The third-order valence-electron chi connectivity index (χ3n) is 6.10. The van der Waals surface area contributed by atoms with Crippen LogP contribution in [0, 0.1) is 0 Å². The van der Waals surface area contributed by atoms with Crippen LogP contribution in [0.15, 0.2) is 35.9 Å². The first-order valence-electron chi connectivity index (χ1n) is 10.9. The number of amides is 6. The number of hydrogen-bond donors (Lipinski definition) is 1. The van der Waals surface area contributed by atoms with Gasteiger partial charge in [0.25, 0.3) is 0 Å². The Morgan fingerprint density at radius 2 is 1.81 bits per heavy atom. The lowest BCUT2D eigenvalue weighted by molar-refractivity contribution is -0.143. The quantitative estimate of drug-likeness (QED) is 0.432. The van der Waals surface area contributed by atoms with Crippen LogP contribution in [0.4, 0.5) is 16.2 Å². The van der Waals surface area contributed by atoms with Crippen LogP contribution in [0.25, 0.3) is 0 Å². The molecule has 0 aromatic heterocycles. The number of fused-ring (bicyclic) bond motifs is 1. The molecule has 2 aliphatic heterocycles. The number of hydrogen-bond acceptors (Lipinski definition) is 5. The summed E-state index contributed by atoms with van der Waals surface area (Å²) in [6.07, 6.45) is 6.89. The minimum atomic E-state index is -0.995. The Morgan fingerprint density at radius 3 is 2.56 bits per heavy atom. The zero-order valence-electron chi connectivity index (χ0n) is 18.0. The van der Waals surface area contributed by atoms with Crippen molar-refractivity contribution in [2.75, 3.05) is 23.3 Å². The summed E-state index contributed by atoms with van der Waals surface area (Å²) in [5.74, 6) is -2.66. The normalized spacial score (nSPS) is 21.3. The average Bonchev–Trinajstić information content (AvgIpc) is 2.89. The van der Waals surface area contributed by atoms with Crippen molar-refractivity contribution in [3.8, 4) is 0 Å². The topological polar surface area (TPSA) is 107 Å². The van der Waals surface area contributed by atoms with Gasteiger partial charge in [-0.15, -0.1) is 0 Å². The number of allylic oxidation sites excluding steroid dienone is 1. The zero-order valence-corrected chi connectivity index (χ0v) is 18.0. The van der Waals surface area contributed by atoms with Crippen molar-refractivity contribution in [1.82, 2.24) is 9.80 Å². The molecule has 1 N–H and O–H groups in total. The number of carbonyl (C=O) groups excluding carboxylic acids is 5. The largest absolute Gasteiger partial charge is 0.334 e. The molecule has 9 heteroatoms. The molecule has 1 fully saturated rings. The maximum absolute atomic E-state index is 13.2. The highest BCUT2D eigenvalue weighted by Gasteiger charge is 2.46. The lowest BCUT2D eigenvalue weighted by Crippen LogP contribution is -2.47. The van der Waals surface area contributed by atoms with Crippen molar-refractivity contribution >= 4 is 41.0 Å². The second kappa shape index (κ2) is 8.94. The SMILES string of the molecule is C[C@H]1CC(=O)Nc2ccccc2N1C(=O)CN1C(=O)C(=O)N(CCC2=CCCCC2)C1=O. The van der Waals surface area contributed by atoms with Gasteiger partial charge in [0.05, 0.1) is 11.4 Å². The van der Waals surface area contributed by atoms with Crippen molar-refractivity contribution < 1.29 is 24.0 Å². The first-order chi connectivity index (χ1) is 15.4. The maximum atomic E-state index is 13.2. The van der Waals surface area contributed by atoms with E-state index in [1.807, 2.05) is 0 Å². The summed E-state index contributed by atoms with van der Waals surface area (Å²) in [4.78, 5) is 66.1. The molecule has 0 radical (unpaired) electrons. The Hall–Kier alpha value is -3.49. The average molecular weight is 438 g/mol. The van der Waals surface area contributed by atoms with Gasteiger partial charge in [0, 0.05) is 19.0 Å². The van der Waals surface area contributed by atoms with Gasteiger partial charge in [-0.1, -0.05) is 23.8 Å². The Morgan fingerprint density at radius 1 is 1.06 bits per heavy atom. The molecule has 2 heterocycles. The number of benzene rings is 1. The van der Waals surface area contributed by atoms with Crippen LogP contribution in [0.1, 0.15) is 45.4 Å². The van der Waals surface area contributed by atoms with Gasteiger partial charge < -0.3 is 10.2 Å². The smallest absolute Gasteiger partial charge is 0.324 e. The highest BCUT2D eigenvalue weighted by Crippen LogP contribution is 2.31. The number of anilines is 2. The van der Waals surface area contributed by atoms with E-state index in [2.05, 4.69) is 11.4 Å². The molecule has 32 heavy (non-hydrogen) atoms. The minimum Gasteiger partial charge on any atom is -0.324 e. The van der Waals surface area contributed by atoms with Crippen LogP contribution in [0.5, 0.6) is 0 Å². The Bertz CT molecular complexity index is 1020. The van der Waals surface area contributed by atoms with E-state index in [0.717, 1.165) is 30.6 Å². The minimum absolute atomic E-state index is 0.0719. The van der Waals surface area contributed by atoms with E-state index >= 15 is 0 Å². The van der Waals surface area contributed by atoms with Crippen LogP contribution in [0.2, 0.25) is 0 Å². The second-order valence-corrected chi connectivity index (χ2v) is 8.37. The fraction of sp³-hybridized carbons (Fsp3) is 0.435. The molecule has 4 rings (SSSR count). The maximum Gasteiger partial charge on any atom is 0.334 e. The van der Waals surface area contributed by atoms with Gasteiger partial charge in [-0.25, -0.2) is 9.69 Å². The number of nitrogens with zero attached hydrogens (tertiary/aromatic N) is 3. The number of nitrogens with one attached hydrogen (secondary N) is 1. The Labute approximate surface area is 186 Å². The molecule has 1 atom stereocenters. The molecule has 1 saturated heterocycles. The van der Waals surface area contributed by atoms with Gasteiger partial charge in [0.1, 0.15) is 6.54 Å². The van der Waals surface area contributed by atoms with E-state index in [1.54, 1.807) is 31.2 Å². The highest BCUT2D eigenvalue weighted by molar-refractivity contribution is 6.45. The molecule has 1 aliphatic carbocycles. The van der Waals surface area contributed by atoms with E-state index in [9.17, 15) is 24.0 Å². The van der Waals surface area contributed by atoms with Crippen molar-refractivity contribution in [1.29, 1.82) is 0 Å². The van der Waals surface area contributed by atoms with E-state index in [4.69, 9.17) is 0 Å². The van der Waals surface area contributed by atoms with E-state index in [-0.39, 0.29) is 18.9 Å². The first-order valence-corrected chi connectivity index (χ1v) is 10.9. The van der Waals surface area contributed by atoms with Crippen molar-refractivity contribution in [2.24, 2.45) is 0 Å². The molecule has 1 aromatic rings.